The second-order valence-electron chi connectivity index (χ2n) is 0.418. The molecule has 6 heavy (non-hydrogen) atoms. The number of aliphatic hydroxyl groups is 1. The minimum atomic E-state index is -0.181. The molecule has 0 aromatic rings. The van der Waals surface area contributed by atoms with E-state index in [0.717, 1.165) is 0 Å². The molecular formula is C4H14O2. The molecule has 0 spiro atoms. The Balaban J connectivity index is -0.0000000450. The molecule has 0 bridgehead atoms. The van der Waals surface area contributed by atoms with Crippen molar-refractivity contribution >= 4 is 0 Å². The molecule has 0 saturated carbocycles. The third-order valence-electron chi connectivity index (χ3n) is 0.129. The summed E-state index contributed by atoms with van der Waals surface area (Å²) in [6.07, 6.45) is 0. The van der Waals surface area contributed by atoms with E-state index in [1.807, 2.05) is 0 Å². The van der Waals surface area contributed by atoms with E-state index in [9.17, 15) is 0 Å². The first kappa shape index (κ1) is 16.8. The third-order valence-corrected chi connectivity index (χ3v) is 0.129. The van der Waals surface area contributed by atoms with Gasteiger partial charge in [0.15, 0.2) is 0 Å². The maximum atomic E-state index is 7.65. The summed E-state index contributed by atoms with van der Waals surface area (Å²) in [5.41, 5.74) is 0. The molecule has 2 heteroatoms. The van der Waals surface area contributed by atoms with E-state index in [-0.39, 0.29) is 21.6 Å². The Hall–Kier alpha value is -0.0800. The monoisotopic (exact) mass is 94.1 g/mol. The lowest BCUT2D eigenvalue weighted by atomic mass is 11.4. The van der Waals surface area contributed by atoms with Crippen molar-refractivity contribution in [3.05, 3.63) is 0 Å². The Kier molecular flexibility index (Phi) is 57.4. The lowest BCUT2D eigenvalue weighted by Crippen LogP contribution is -1.79. The molecular weight excluding hydrogens is 80.0 g/mol. The van der Waals surface area contributed by atoms with Crippen LogP contribution in [0.5, 0.6) is 0 Å². The maximum Gasteiger partial charge on any atom is 0.143 e. The molecule has 0 saturated heterocycles. The van der Waals surface area contributed by atoms with Crippen molar-refractivity contribution in [2.24, 2.45) is 0 Å². The molecule has 1 N–H and O–H groups in total. The third kappa shape index (κ3) is 39.5. The Morgan fingerprint density at radius 3 is 1.67 bits per heavy atom. The number of hydrogen-bond acceptors (Lipinski definition) is 2. The van der Waals surface area contributed by atoms with Gasteiger partial charge in [0.1, 0.15) is 6.79 Å². The highest BCUT2D eigenvalue weighted by Gasteiger charge is 1.51. The van der Waals surface area contributed by atoms with Crippen LogP contribution in [0.3, 0.4) is 0 Å². The smallest absolute Gasteiger partial charge is 0.143 e. The fourth-order valence-corrected chi connectivity index (χ4v) is 0. The Bertz CT molecular complexity index is 7.51. The van der Waals surface area contributed by atoms with Crippen LogP contribution in [-0.4, -0.2) is 19.0 Å². The average molecular weight is 94.2 g/mol. The largest absolute Gasteiger partial charge is 0.371 e. The summed E-state index contributed by atoms with van der Waals surface area (Å²) in [6.45, 7) is -0.181. The van der Waals surface area contributed by atoms with Gasteiger partial charge >= 0.3 is 0 Å². The van der Waals surface area contributed by atoms with Crippen molar-refractivity contribution in [2.45, 2.75) is 14.9 Å². The zero-order valence-corrected chi connectivity index (χ0v) is 2.56. The molecule has 0 aliphatic heterocycles. The lowest BCUT2D eigenvalue weighted by molar-refractivity contribution is 0.0325. The van der Waals surface area contributed by atoms with Crippen molar-refractivity contribution in [1.29, 1.82) is 0 Å². The number of rotatable bonds is 1. The van der Waals surface area contributed by atoms with E-state index in [1.54, 1.807) is 0 Å². The lowest BCUT2D eigenvalue weighted by Gasteiger charge is -1.76. The van der Waals surface area contributed by atoms with Crippen molar-refractivity contribution in [3.8, 4) is 0 Å². The van der Waals surface area contributed by atoms with E-state index in [1.165, 1.54) is 7.11 Å². The second-order valence-corrected chi connectivity index (χ2v) is 0.418. The predicted octanol–water partition coefficient (Wildman–Crippen LogP) is 0.855. The first-order valence-electron chi connectivity index (χ1n) is 1.01. The van der Waals surface area contributed by atoms with Crippen LogP contribution in [-0.2, 0) is 4.74 Å². The molecule has 42 valence electrons. The van der Waals surface area contributed by atoms with Gasteiger partial charge in [0.2, 0.25) is 0 Å². The topological polar surface area (TPSA) is 29.5 Å². The SMILES string of the molecule is C.C.COCO. The van der Waals surface area contributed by atoms with E-state index < -0.39 is 0 Å². The first-order valence-corrected chi connectivity index (χ1v) is 1.01. The molecule has 0 aromatic carbocycles. The molecule has 0 heterocycles. The van der Waals surface area contributed by atoms with Gasteiger partial charge in [-0.25, -0.2) is 0 Å². The molecule has 0 aliphatic rings. The van der Waals surface area contributed by atoms with E-state index >= 15 is 0 Å². The van der Waals surface area contributed by atoms with Gasteiger partial charge in [-0.2, -0.15) is 0 Å². The number of hydrogen-bond donors (Lipinski definition) is 1. The highest BCUT2D eigenvalue weighted by molar-refractivity contribution is 3.72. The zero-order valence-electron chi connectivity index (χ0n) is 2.56. The van der Waals surface area contributed by atoms with Crippen LogP contribution in [0.4, 0.5) is 0 Å². The molecule has 0 atom stereocenters. The van der Waals surface area contributed by atoms with Crippen molar-refractivity contribution in [1.82, 2.24) is 0 Å². The van der Waals surface area contributed by atoms with Gasteiger partial charge in [-0.3, -0.25) is 0 Å². The molecule has 0 rings (SSSR count). The predicted molar refractivity (Wildman–Crippen MR) is 27.6 cm³/mol. The van der Waals surface area contributed by atoms with Gasteiger partial charge in [0, 0.05) is 7.11 Å². The summed E-state index contributed by atoms with van der Waals surface area (Å²) in [7, 11) is 1.43. The fourth-order valence-electron chi connectivity index (χ4n) is 0. The Labute approximate surface area is 39.8 Å². The maximum absolute atomic E-state index is 7.65. The van der Waals surface area contributed by atoms with Crippen LogP contribution in [0, 0.1) is 0 Å². The van der Waals surface area contributed by atoms with Crippen LogP contribution in [0.15, 0.2) is 0 Å². The van der Waals surface area contributed by atoms with Crippen molar-refractivity contribution in [3.63, 3.8) is 0 Å². The Morgan fingerprint density at radius 2 is 1.67 bits per heavy atom. The summed E-state index contributed by atoms with van der Waals surface area (Å²) in [4.78, 5) is 0. The summed E-state index contributed by atoms with van der Waals surface area (Å²) in [5, 5.41) is 7.65. The normalized spacial score (nSPS) is 5.00. The van der Waals surface area contributed by atoms with Gasteiger partial charge in [-0.05, 0) is 0 Å². The van der Waals surface area contributed by atoms with Crippen LogP contribution < -0.4 is 0 Å². The van der Waals surface area contributed by atoms with Gasteiger partial charge < -0.3 is 9.84 Å². The Morgan fingerprint density at radius 1 is 1.50 bits per heavy atom. The minimum Gasteiger partial charge on any atom is -0.371 e. The van der Waals surface area contributed by atoms with Gasteiger partial charge in [-0.1, -0.05) is 14.9 Å². The second kappa shape index (κ2) is 20.5. The van der Waals surface area contributed by atoms with Crippen LogP contribution in [0.25, 0.3) is 0 Å². The van der Waals surface area contributed by atoms with E-state index in [0.29, 0.717) is 0 Å². The minimum absolute atomic E-state index is 0. The molecule has 0 fully saturated rings. The van der Waals surface area contributed by atoms with Crippen LogP contribution in [0.1, 0.15) is 14.9 Å². The molecule has 0 radical (unpaired) electrons. The number of aliphatic hydroxyl groups excluding tert-OH is 1. The van der Waals surface area contributed by atoms with Crippen LogP contribution in [0.2, 0.25) is 0 Å². The highest BCUT2D eigenvalue weighted by Crippen LogP contribution is 1.46. The van der Waals surface area contributed by atoms with Crippen molar-refractivity contribution in [2.75, 3.05) is 13.9 Å². The molecule has 2 nitrogen and oxygen atoms in total. The summed E-state index contributed by atoms with van der Waals surface area (Å²) in [6, 6.07) is 0. The zero-order chi connectivity index (χ0) is 3.41. The summed E-state index contributed by atoms with van der Waals surface area (Å²) < 4.78 is 4.10. The number of methoxy groups -OCH3 is 1. The molecule has 0 unspecified atom stereocenters. The van der Waals surface area contributed by atoms with E-state index in [4.69, 9.17) is 5.11 Å². The van der Waals surface area contributed by atoms with Crippen LogP contribution >= 0.6 is 0 Å². The van der Waals surface area contributed by atoms with E-state index in [2.05, 4.69) is 4.74 Å². The summed E-state index contributed by atoms with van der Waals surface area (Å²) in [5.74, 6) is 0. The standard InChI is InChI=1S/C2H6O2.2CH4/c1-4-2-3;;/h3H,2H2,1H3;2*1H4. The van der Waals surface area contributed by atoms with Gasteiger partial charge in [0.25, 0.3) is 0 Å². The molecule has 0 aromatic heterocycles. The fraction of sp³-hybridized carbons (Fsp3) is 1.00. The number of ether oxygens (including phenoxy) is 1. The van der Waals surface area contributed by atoms with Crippen molar-refractivity contribution < 1.29 is 9.84 Å². The average Bonchev–Trinajstić information content (AvgIpc) is 1.37. The first-order chi connectivity index (χ1) is 1.91. The highest BCUT2D eigenvalue weighted by atomic mass is 16.6. The molecule has 0 aliphatic carbocycles. The summed E-state index contributed by atoms with van der Waals surface area (Å²) >= 11 is 0. The molecule has 0 amide bonds. The van der Waals surface area contributed by atoms with Gasteiger partial charge in [-0.15, -0.1) is 0 Å². The van der Waals surface area contributed by atoms with Gasteiger partial charge in [0.05, 0.1) is 0 Å². The quantitative estimate of drug-likeness (QED) is 0.488.